The SMILES string of the molecule is C[C@@H](NC(=O)CC1CCCCC1)C(=O)NCCCNS(C)(=O)=O. The fraction of sp³-hybridized carbons (Fsp3) is 0.867. The minimum Gasteiger partial charge on any atom is -0.354 e. The Morgan fingerprint density at radius 3 is 2.39 bits per heavy atom. The Kier molecular flexibility index (Phi) is 8.54. The van der Waals surface area contributed by atoms with Gasteiger partial charge in [0.2, 0.25) is 21.8 Å². The molecule has 1 aliphatic carbocycles. The Bertz CT molecular complexity index is 487. The van der Waals surface area contributed by atoms with Crippen molar-refractivity contribution in [1.82, 2.24) is 15.4 Å². The van der Waals surface area contributed by atoms with Gasteiger partial charge in [-0.3, -0.25) is 9.59 Å². The molecular formula is C15H29N3O4S. The van der Waals surface area contributed by atoms with Crippen LogP contribution in [0.25, 0.3) is 0 Å². The molecule has 3 N–H and O–H groups in total. The van der Waals surface area contributed by atoms with Crippen LogP contribution in [0.15, 0.2) is 0 Å². The molecular weight excluding hydrogens is 318 g/mol. The number of hydrogen-bond donors (Lipinski definition) is 3. The van der Waals surface area contributed by atoms with E-state index in [1.54, 1.807) is 6.92 Å². The van der Waals surface area contributed by atoms with Crippen LogP contribution in [0, 0.1) is 5.92 Å². The van der Waals surface area contributed by atoms with E-state index in [0.717, 1.165) is 19.1 Å². The second-order valence-electron chi connectivity index (χ2n) is 6.31. The van der Waals surface area contributed by atoms with Crippen molar-refractivity contribution in [2.45, 2.75) is 57.9 Å². The summed E-state index contributed by atoms with van der Waals surface area (Å²) >= 11 is 0. The monoisotopic (exact) mass is 347 g/mol. The molecule has 0 saturated heterocycles. The van der Waals surface area contributed by atoms with Crippen molar-refractivity contribution in [2.75, 3.05) is 19.3 Å². The van der Waals surface area contributed by atoms with Crippen molar-refractivity contribution in [1.29, 1.82) is 0 Å². The molecule has 0 radical (unpaired) electrons. The van der Waals surface area contributed by atoms with Crippen molar-refractivity contribution in [3.63, 3.8) is 0 Å². The molecule has 23 heavy (non-hydrogen) atoms. The molecule has 0 aromatic heterocycles. The van der Waals surface area contributed by atoms with E-state index in [9.17, 15) is 18.0 Å². The largest absolute Gasteiger partial charge is 0.354 e. The van der Waals surface area contributed by atoms with E-state index < -0.39 is 16.1 Å². The van der Waals surface area contributed by atoms with Crippen molar-refractivity contribution in [2.24, 2.45) is 5.92 Å². The Morgan fingerprint density at radius 1 is 1.13 bits per heavy atom. The summed E-state index contributed by atoms with van der Waals surface area (Å²) in [5.41, 5.74) is 0. The van der Waals surface area contributed by atoms with Gasteiger partial charge in [-0.05, 0) is 32.1 Å². The van der Waals surface area contributed by atoms with Crippen molar-refractivity contribution < 1.29 is 18.0 Å². The number of rotatable bonds is 9. The van der Waals surface area contributed by atoms with Gasteiger partial charge < -0.3 is 10.6 Å². The van der Waals surface area contributed by atoms with Crippen LogP contribution in [0.3, 0.4) is 0 Å². The highest BCUT2D eigenvalue weighted by Crippen LogP contribution is 2.26. The molecule has 134 valence electrons. The van der Waals surface area contributed by atoms with E-state index >= 15 is 0 Å². The quantitative estimate of drug-likeness (QED) is 0.529. The van der Waals surface area contributed by atoms with Gasteiger partial charge >= 0.3 is 0 Å². The van der Waals surface area contributed by atoms with E-state index in [-0.39, 0.29) is 18.4 Å². The number of hydrogen-bond acceptors (Lipinski definition) is 4. The van der Waals surface area contributed by atoms with Crippen molar-refractivity contribution in [3.8, 4) is 0 Å². The van der Waals surface area contributed by atoms with Gasteiger partial charge in [-0.15, -0.1) is 0 Å². The second-order valence-corrected chi connectivity index (χ2v) is 8.14. The summed E-state index contributed by atoms with van der Waals surface area (Å²) in [5.74, 6) is 0.126. The van der Waals surface area contributed by atoms with E-state index in [4.69, 9.17) is 0 Å². The average molecular weight is 347 g/mol. The van der Waals surface area contributed by atoms with Gasteiger partial charge in [-0.25, -0.2) is 13.1 Å². The summed E-state index contributed by atoms with van der Waals surface area (Å²) in [6.07, 6.45) is 7.92. The first-order valence-corrected chi connectivity index (χ1v) is 10.2. The van der Waals surface area contributed by atoms with E-state index in [2.05, 4.69) is 15.4 Å². The first-order chi connectivity index (χ1) is 10.8. The van der Waals surface area contributed by atoms with Crippen LogP contribution >= 0.6 is 0 Å². The van der Waals surface area contributed by atoms with Crippen LogP contribution in [0.4, 0.5) is 0 Å². The summed E-state index contributed by atoms with van der Waals surface area (Å²) in [4.78, 5) is 23.8. The lowest BCUT2D eigenvalue weighted by molar-refractivity contribution is -0.129. The number of amides is 2. The molecule has 0 unspecified atom stereocenters. The van der Waals surface area contributed by atoms with Gasteiger partial charge in [-0.2, -0.15) is 0 Å². The molecule has 1 fully saturated rings. The summed E-state index contributed by atoms with van der Waals surface area (Å²) in [6, 6.07) is -0.575. The molecule has 0 aromatic rings. The minimum atomic E-state index is -3.19. The molecule has 0 spiro atoms. The van der Waals surface area contributed by atoms with E-state index in [1.807, 2.05) is 0 Å². The zero-order chi connectivity index (χ0) is 17.3. The third-order valence-corrected chi connectivity index (χ3v) is 4.72. The standard InChI is InChI=1S/C15H29N3O4S/c1-12(15(20)16-9-6-10-17-23(2,21)22)18-14(19)11-13-7-4-3-5-8-13/h12-13,17H,3-11H2,1-2H3,(H,16,20)(H,18,19)/t12-/m1/s1. The van der Waals surface area contributed by atoms with Crippen LogP contribution in [0.1, 0.15) is 51.9 Å². The molecule has 1 rings (SSSR count). The van der Waals surface area contributed by atoms with Crippen LogP contribution in [0.5, 0.6) is 0 Å². The molecule has 0 aromatic carbocycles. The molecule has 0 heterocycles. The van der Waals surface area contributed by atoms with Crippen LogP contribution in [-0.4, -0.2) is 45.6 Å². The maximum Gasteiger partial charge on any atom is 0.242 e. The highest BCUT2D eigenvalue weighted by atomic mass is 32.2. The molecule has 7 nitrogen and oxygen atoms in total. The van der Waals surface area contributed by atoms with Crippen LogP contribution in [-0.2, 0) is 19.6 Å². The molecule has 8 heteroatoms. The number of carbonyl (C=O) groups excluding carboxylic acids is 2. The number of nitrogens with one attached hydrogen (secondary N) is 3. The minimum absolute atomic E-state index is 0.0710. The summed E-state index contributed by atoms with van der Waals surface area (Å²) in [5, 5.41) is 5.42. The van der Waals surface area contributed by atoms with Gasteiger partial charge in [0.1, 0.15) is 6.04 Å². The topological polar surface area (TPSA) is 104 Å². The zero-order valence-electron chi connectivity index (χ0n) is 14.1. The average Bonchev–Trinajstić information content (AvgIpc) is 2.46. The van der Waals surface area contributed by atoms with Crippen LogP contribution < -0.4 is 15.4 Å². The lowest BCUT2D eigenvalue weighted by atomic mass is 9.87. The Morgan fingerprint density at radius 2 is 1.78 bits per heavy atom. The second kappa shape index (κ2) is 9.87. The smallest absolute Gasteiger partial charge is 0.242 e. The first kappa shape index (κ1) is 19.9. The fourth-order valence-electron chi connectivity index (χ4n) is 2.73. The third kappa shape index (κ3) is 9.55. The highest BCUT2D eigenvalue weighted by molar-refractivity contribution is 7.88. The Balaban J connectivity index is 2.16. The predicted octanol–water partition coefficient (Wildman–Crippen LogP) is 0.517. The summed E-state index contributed by atoms with van der Waals surface area (Å²) in [7, 11) is -3.19. The summed E-state index contributed by atoms with van der Waals surface area (Å²) in [6.45, 7) is 2.30. The maximum atomic E-state index is 11.9. The van der Waals surface area contributed by atoms with Gasteiger partial charge in [0.15, 0.2) is 0 Å². The number of sulfonamides is 1. The fourth-order valence-corrected chi connectivity index (χ4v) is 3.25. The Hall–Kier alpha value is -1.15. The first-order valence-electron chi connectivity index (χ1n) is 8.29. The van der Waals surface area contributed by atoms with Crippen LogP contribution in [0.2, 0.25) is 0 Å². The Labute approximate surface area is 139 Å². The maximum absolute atomic E-state index is 11.9. The molecule has 1 aliphatic rings. The predicted molar refractivity (Wildman–Crippen MR) is 89.3 cm³/mol. The van der Waals surface area contributed by atoms with Gasteiger partial charge in [0.25, 0.3) is 0 Å². The highest BCUT2D eigenvalue weighted by Gasteiger charge is 2.20. The lowest BCUT2D eigenvalue weighted by Gasteiger charge is -2.22. The van der Waals surface area contributed by atoms with Crippen molar-refractivity contribution >= 4 is 21.8 Å². The van der Waals surface area contributed by atoms with Gasteiger partial charge in [-0.1, -0.05) is 19.3 Å². The molecule has 1 saturated carbocycles. The molecule has 2 amide bonds. The van der Waals surface area contributed by atoms with E-state index in [1.165, 1.54) is 19.3 Å². The third-order valence-electron chi connectivity index (χ3n) is 3.99. The number of carbonyl (C=O) groups is 2. The summed E-state index contributed by atoms with van der Waals surface area (Å²) < 4.78 is 24.1. The van der Waals surface area contributed by atoms with Gasteiger partial charge in [0, 0.05) is 19.5 Å². The van der Waals surface area contributed by atoms with Crippen molar-refractivity contribution in [3.05, 3.63) is 0 Å². The normalized spacial score (nSPS) is 17.5. The van der Waals surface area contributed by atoms with Gasteiger partial charge in [0.05, 0.1) is 6.26 Å². The zero-order valence-corrected chi connectivity index (χ0v) is 14.9. The molecule has 1 atom stereocenters. The lowest BCUT2D eigenvalue weighted by Crippen LogP contribution is -2.45. The molecule has 0 bridgehead atoms. The molecule has 0 aliphatic heterocycles. The van der Waals surface area contributed by atoms with E-state index in [0.29, 0.717) is 25.3 Å².